The van der Waals surface area contributed by atoms with Crippen LogP contribution in [0.15, 0.2) is 51.8 Å². The number of hydrogen-bond donors (Lipinski definition) is 1. The highest BCUT2D eigenvalue weighted by Crippen LogP contribution is 2.25. The number of nitrogens with one attached hydrogen (secondary N) is 1. The van der Waals surface area contributed by atoms with Gasteiger partial charge in [-0.05, 0) is 60.1 Å². The molecule has 0 aliphatic rings. The maximum atomic E-state index is 12.6. The first-order valence-corrected chi connectivity index (χ1v) is 9.01. The third-order valence-corrected chi connectivity index (χ3v) is 6.00. The normalized spacial score (nSPS) is 13.9. The predicted octanol–water partition coefficient (Wildman–Crippen LogP) is 4.13. The standard InChI is InChI=1S/C17H20BrNOS/c1-12-8-9-13(2)14(10-12)16(19-3)11-21(20)17-7-5-4-6-15(17)18/h4-10,16,19H,11H2,1-3H3. The summed E-state index contributed by atoms with van der Waals surface area (Å²) in [7, 11) is 0.871. The van der Waals surface area contributed by atoms with Gasteiger partial charge in [-0.25, -0.2) is 0 Å². The van der Waals surface area contributed by atoms with E-state index in [4.69, 9.17) is 0 Å². The van der Waals surface area contributed by atoms with Crippen molar-refractivity contribution in [3.63, 3.8) is 0 Å². The first-order chi connectivity index (χ1) is 10.0. The Bertz CT molecular complexity index is 657. The van der Waals surface area contributed by atoms with Gasteiger partial charge in [-0.2, -0.15) is 0 Å². The van der Waals surface area contributed by atoms with Gasteiger partial charge >= 0.3 is 0 Å². The fraction of sp³-hybridized carbons (Fsp3) is 0.294. The zero-order valence-corrected chi connectivity index (χ0v) is 14.9. The molecule has 21 heavy (non-hydrogen) atoms. The monoisotopic (exact) mass is 365 g/mol. The molecule has 2 unspecified atom stereocenters. The number of aryl methyl sites for hydroxylation is 2. The molecular formula is C17H20BrNOS. The molecular weight excluding hydrogens is 346 g/mol. The highest BCUT2D eigenvalue weighted by molar-refractivity contribution is 9.10. The van der Waals surface area contributed by atoms with Gasteiger partial charge in [0.1, 0.15) is 0 Å². The number of hydrogen-bond acceptors (Lipinski definition) is 2. The van der Waals surface area contributed by atoms with Crippen LogP contribution in [0.3, 0.4) is 0 Å². The third-order valence-electron chi connectivity index (χ3n) is 3.56. The van der Waals surface area contributed by atoms with Crippen LogP contribution in [0.2, 0.25) is 0 Å². The Morgan fingerprint density at radius 1 is 1.19 bits per heavy atom. The quantitative estimate of drug-likeness (QED) is 0.862. The predicted molar refractivity (Wildman–Crippen MR) is 93.1 cm³/mol. The molecule has 2 aromatic carbocycles. The Labute approximate surface area is 137 Å². The summed E-state index contributed by atoms with van der Waals surface area (Å²) in [6.07, 6.45) is 0. The van der Waals surface area contributed by atoms with E-state index in [1.165, 1.54) is 16.7 Å². The SMILES string of the molecule is CNC(CS(=O)c1ccccc1Br)c1cc(C)ccc1C. The fourth-order valence-corrected chi connectivity index (χ4v) is 4.51. The molecule has 4 heteroatoms. The van der Waals surface area contributed by atoms with Gasteiger partial charge in [-0.3, -0.25) is 4.21 Å². The second kappa shape index (κ2) is 7.34. The van der Waals surface area contributed by atoms with Crippen molar-refractivity contribution in [2.75, 3.05) is 12.8 Å². The number of halogens is 1. The molecule has 2 atom stereocenters. The van der Waals surface area contributed by atoms with Crippen molar-refractivity contribution >= 4 is 26.7 Å². The second-order valence-corrected chi connectivity index (χ2v) is 7.46. The van der Waals surface area contributed by atoms with E-state index in [9.17, 15) is 4.21 Å². The van der Waals surface area contributed by atoms with Crippen molar-refractivity contribution in [2.24, 2.45) is 0 Å². The van der Waals surface area contributed by atoms with Crippen LogP contribution in [0.5, 0.6) is 0 Å². The lowest BCUT2D eigenvalue weighted by molar-refractivity contribution is 0.632. The summed E-state index contributed by atoms with van der Waals surface area (Å²) in [5, 5.41) is 3.30. The van der Waals surface area contributed by atoms with E-state index in [-0.39, 0.29) is 6.04 Å². The molecule has 0 radical (unpaired) electrons. The summed E-state index contributed by atoms with van der Waals surface area (Å²) in [5.41, 5.74) is 3.67. The average molecular weight is 366 g/mol. The minimum atomic E-state index is -1.05. The van der Waals surface area contributed by atoms with Crippen molar-refractivity contribution in [1.29, 1.82) is 0 Å². The Morgan fingerprint density at radius 2 is 1.90 bits per heavy atom. The van der Waals surface area contributed by atoms with Crippen LogP contribution in [0.1, 0.15) is 22.7 Å². The largest absolute Gasteiger partial charge is 0.312 e. The minimum Gasteiger partial charge on any atom is -0.312 e. The lowest BCUT2D eigenvalue weighted by Gasteiger charge is -2.19. The first-order valence-electron chi connectivity index (χ1n) is 6.90. The average Bonchev–Trinajstić information content (AvgIpc) is 2.47. The molecule has 0 spiro atoms. The maximum absolute atomic E-state index is 12.6. The highest BCUT2D eigenvalue weighted by Gasteiger charge is 2.17. The second-order valence-electron chi connectivity index (χ2n) is 5.14. The summed E-state index contributed by atoms with van der Waals surface area (Å²) in [6, 6.07) is 14.2. The van der Waals surface area contributed by atoms with E-state index >= 15 is 0 Å². The van der Waals surface area contributed by atoms with Crippen molar-refractivity contribution in [3.05, 3.63) is 63.6 Å². The van der Waals surface area contributed by atoms with E-state index in [2.05, 4.69) is 53.3 Å². The molecule has 0 aromatic heterocycles. The van der Waals surface area contributed by atoms with Crippen LogP contribution in [-0.2, 0) is 10.8 Å². The highest BCUT2D eigenvalue weighted by atomic mass is 79.9. The summed E-state index contributed by atoms with van der Waals surface area (Å²) in [4.78, 5) is 0.850. The van der Waals surface area contributed by atoms with Gasteiger partial charge in [-0.15, -0.1) is 0 Å². The Hall–Kier alpha value is -0.970. The molecule has 2 aromatic rings. The molecule has 0 amide bonds. The van der Waals surface area contributed by atoms with Crippen molar-refractivity contribution in [3.8, 4) is 0 Å². The van der Waals surface area contributed by atoms with Crippen LogP contribution in [-0.4, -0.2) is 17.0 Å². The van der Waals surface area contributed by atoms with Gasteiger partial charge in [0.2, 0.25) is 0 Å². The zero-order chi connectivity index (χ0) is 15.4. The zero-order valence-electron chi connectivity index (χ0n) is 12.5. The van der Waals surface area contributed by atoms with E-state index in [1.807, 2.05) is 31.3 Å². The van der Waals surface area contributed by atoms with E-state index < -0.39 is 10.8 Å². The van der Waals surface area contributed by atoms with Crippen molar-refractivity contribution < 1.29 is 4.21 Å². The van der Waals surface area contributed by atoms with Gasteiger partial charge in [0.25, 0.3) is 0 Å². The molecule has 2 rings (SSSR count). The Morgan fingerprint density at radius 3 is 2.57 bits per heavy atom. The molecule has 1 N–H and O–H groups in total. The molecule has 0 aliphatic heterocycles. The number of benzene rings is 2. The van der Waals surface area contributed by atoms with Gasteiger partial charge in [0, 0.05) is 16.3 Å². The summed E-state index contributed by atoms with van der Waals surface area (Å²) in [5.74, 6) is 0.559. The van der Waals surface area contributed by atoms with Crippen molar-refractivity contribution in [1.82, 2.24) is 5.32 Å². The molecule has 0 saturated carbocycles. The summed E-state index contributed by atoms with van der Waals surface area (Å²) in [6.45, 7) is 4.18. The molecule has 0 bridgehead atoms. The van der Waals surface area contributed by atoms with Crippen molar-refractivity contribution in [2.45, 2.75) is 24.8 Å². The smallest absolute Gasteiger partial charge is 0.0560 e. The van der Waals surface area contributed by atoms with Crippen LogP contribution in [0.4, 0.5) is 0 Å². The molecule has 0 heterocycles. The van der Waals surface area contributed by atoms with Crippen LogP contribution < -0.4 is 5.32 Å². The van der Waals surface area contributed by atoms with Crippen LogP contribution in [0, 0.1) is 13.8 Å². The van der Waals surface area contributed by atoms with Crippen LogP contribution >= 0.6 is 15.9 Å². The van der Waals surface area contributed by atoms with Gasteiger partial charge in [-0.1, -0.05) is 35.9 Å². The van der Waals surface area contributed by atoms with E-state index in [0.29, 0.717) is 5.75 Å². The fourth-order valence-electron chi connectivity index (χ4n) is 2.33. The first kappa shape index (κ1) is 16.4. The lowest BCUT2D eigenvalue weighted by Crippen LogP contribution is -2.23. The minimum absolute atomic E-state index is 0.0813. The summed E-state index contributed by atoms with van der Waals surface area (Å²) < 4.78 is 13.5. The molecule has 0 fully saturated rings. The Kier molecular flexibility index (Phi) is 5.73. The Balaban J connectivity index is 2.25. The van der Waals surface area contributed by atoms with Gasteiger partial charge < -0.3 is 5.32 Å². The molecule has 0 saturated heterocycles. The van der Waals surface area contributed by atoms with E-state index in [0.717, 1.165) is 9.37 Å². The van der Waals surface area contributed by atoms with Gasteiger partial charge in [0.15, 0.2) is 0 Å². The van der Waals surface area contributed by atoms with Crippen LogP contribution in [0.25, 0.3) is 0 Å². The topological polar surface area (TPSA) is 29.1 Å². The summed E-state index contributed by atoms with van der Waals surface area (Å²) >= 11 is 3.48. The molecule has 0 aliphatic carbocycles. The molecule has 112 valence electrons. The maximum Gasteiger partial charge on any atom is 0.0560 e. The molecule has 2 nitrogen and oxygen atoms in total. The third kappa shape index (κ3) is 4.02. The number of rotatable bonds is 5. The lowest BCUT2D eigenvalue weighted by atomic mass is 10.0. The van der Waals surface area contributed by atoms with Gasteiger partial charge in [0.05, 0.1) is 15.7 Å². The van der Waals surface area contributed by atoms with E-state index in [1.54, 1.807) is 0 Å².